The van der Waals surface area contributed by atoms with Crippen molar-refractivity contribution in [3.05, 3.63) is 66.2 Å². The van der Waals surface area contributed by atoms with E-state index < -0.39 is 0 Å². The fourth-order valence-electron chi connectivity index (χ4n) is 4.35. The van der Waals surface area contributed by atoms with Crippen LogP contribution in [0.3, 0.4) is 0 Å². The van der Waals surface area contributed by atoms with Crippen LogP contribution in [0.1, 0.15) is 42.2 Å². The van der Waals surface area contributed by atoms with Gasteiger partial charge in [0.25, 0.3) is 5.91 Å². The van der Waals surface area contributed by atoms with Gasteiger partial charge in [-0.2, -0.15) is 5.10 Å². The summed E-state index contributed by atoms with van der Waals surface area (Å²) in [5, 5.41) is 10.8. The Labute approximate surface area is 198 Å². The molecule has 0 saturated carbocycles. The Balaban J connectivity index is 1.36. The number of hydrogen-bond donors (Lipinski definition) is 2. The van der Waals surface area contributed by atoms with Gasteiger partial charge in [-0.25, -0.2) is 4.98 Å². The first-order valence-electron chi connectivity index (χ1n) is 11.7. The number of hydrogen-bond acceptors (Lipinski definition) is 6. The van der Waals surface area contributed by atoms with Gasteiger partial charge in [0, 0.05) is 36.0 Å². The van der Waals surface area contributed by atoms with Crippen LogP contribution in [0.25, 0.3) is 22.0 Å². The number of rotatable bonds is 7. The second-order valence-electron chi connectivity index (χ2n) is 8.52. The number of amides is 1. The monoisotopic (exact) mass is 456 g/mol. The van der Waals surface area contributed by atoms with Crippen molar-refractivity contribution in [2.24, 2.45) is 0 Å². The van der Waals surface area contributed by atoms with Gasteiger partial charge in [0.15, 0.2) is 5.69 Å². The zero-order valence-corrected chi connectivity index (χ0v) is 19.3. The minimum Gasteiger partial charge on any atom is -0.478 e. The Morgan fingerprint density at radius 2 is 1.94 bits per heavy atom. The number of nitrogens with zero attached hydrogens (tertiary/aromatic N) is 4. The maximum atomic E-state index is 13.0. The molecule has 0 spiro atoms. The normalized spacial score (nSPS) is 14.3. The molecule has 1 aromatic carbocycles. The first-order valence-corrected chi connectivity index (χ1v) is 11.7. The second-order valence-corrected chi connectivity index (χ2v) is 8.52. The summed E-state index contributed by atoms with van der Waals surface area (Å²) in [6, 6.07) is 11.6. The summed E-state index contributed by atoms with van der Waals surface area (Å²) in [5.41, 5.74) is 4.95. The van der Waals surface area contributed by atoms with Crippen LogP contribution in [0, 0.1) is 0 Å². The van der Waals surface area contributed by atoms with Crippen molar-refractivity contribution >= 4 is 22.5 Å². The molecule has 5 rings (SSSR count). The van der Waals surface area contributed by atoms with Gasteiger partial charge in [0.1, 0.15) is 0 Å². The minimum absolute atomic E-state index is 0.300. The summed E-state index contributed by atoms with van der Waals surface area (Å²) >= 11 is 0. The molecule has 174 valence electrons. The topological polar surface area (TPSA) is 96.0 Å². The van der Waals surface area contributed by atoms with E-state index in [9.17, 15) is 4.79 Å². The van der Waals surface area contributed by atoms with Crippen LogP contribution >= 0.6 is 0 Å². The molecule has 1 fully saturated rings. The third-order valence-electron chi connectivity index (χ3n) is 6.05. The summed E-state index contributed by atoms with van der Waals surface area (Å²) in [6.45, 7) is 5.64. The predicted molar refractivity (Wildman–Crippen MR) is 132 cm³/mol. The third kappa shape index (κ3) is 4.92. The molecule has 1 aliphatic rings. The second kappa shape index (κ2) is 10.0. The zero-order valence-electron chi connectivity index (χ0n) is 19.3. The van der Waals surface area contributed by atoms with E-state index in [0.717, 1.165) is 41.7 Å². The number of H-pyrrole nitrogens is 1. The van der Waals surface area contributed by atoms with Crippen LogP contribution in [0.2, 0.25) is 0 Å². The number of likely N-dealkylation sites (tertiary alicyclic amines) is 1. The van der Waals surface area contributed by atoms with Gasteiger partial charge >= 0.3 is 0 Å². The van der Waals surface area contributed by atoms with Crippen molar-refractivity contribution in [3.8, 4) is 17.0 Å². The molecule has 0 radical (unpaired) electrons. The molecule has 1 aliphatic heterocycles. The Kier molecular flexibility index (Phi) is 6.49. The van der Waals surface area contributed by atoms with Gasteiger partial charge in [-0.05, 0) is 68.2 Å². The summed E-state index contributed by atoms with van der Waals surface area (Å²) in [4.78, 5) is 24.1. The van der Waals surface area contributed by atoms with E-state index in [1.54, 1.807) is 18.3 Å². The first kappa shape index (κ1) is 22.0. The van der Waals surface area contributed by atoms with Crippen molar-refractivity contribution in [2.75, 3.05) is 25.0 Å². The number of pyridine rings is 2. The zero-order chi connectivity index (χ0) is 23.3. The van der Waals surface area contributed by atoms with Gasteiger partial charge < -0.3 is 10.1 Å². The molecule has 3 aromatic heterocycles. The van der Waals surface area contributed by atoms with E-state index in [1.165, 1.54) is 24.8 Å². The van der Waals surface area contributed by atoms with Crippen molar-refractivity contribution in [1.82, 2.24) is 25.1 Å². The highest BCUT2D eigenvalue weighted by molar-refractivity contribution is 6.11. The summed E-state index contributed by atoms with van der Waals surface area (Å²) in [6.07, 6.45) is 9.24. The molecule has 4 heterocycles. The Morgan fingerprint density at radius 1 is 1.06 bits per heavy atom. The fraction of sp³-hybridized carbons (Fsp3) is 0.308. The van der Waals surface area contributed by atoms with Gasteiger partial charge in [-0.1, -0.05) is 12.5 Å². The lowest BCUT2D eigenvalue weighted by Gasteiger charge is -2.26. The minimum atomic E-state index is -0.300. The lowest BCUT2D eigenvalue weighted by molar-refractivity contribution is 0.102. The molecule has 8 nitrogen and oxygen atoms in total. The van der Waals surface area contributed by atoms with E-state index in [1.807, 2.05) is 37.5 Å². The number of carbonyl (C=O) groups excluding carboxylic acids is 1. The maximum absolute atomic E-state index is 13.0. The van der Waals surface area contributed by atoms with Crippen LogP contribution in [0.15, 0.2) is 55.0 Å². The van der Waals surface area contributed by atoms with Gasteiger partial charge in [-0.3, -0.25) is 19.8 Å². The lowest BCUT2D eigenvalue weighted by Crippen LogP contribution is -2.29. The van der Waals surface area contributed by atoms with E-state index in [0.29, 0.717) is 23.9 Å². The number of ether oxygens (including phenoxy) is 1. The molecule has 0 aliphatic carbocycles. The molecule has 2 N–H and O–H groups in total. The fourth-order valence-corrected chi connectivity index (χ4v) is 4.35. The quantitative estimate of drug-likeness (QED) is 0.420. The Morgan fingerprint density at radius 3 is 2.74 bits per heavy atom. The van der Waals surface area contributed by atoms with E-state index in [2.05, 4.69) is 36.4 Å². The van der Waals surface area contributed by atoms with Crippen molar-refractivity contribution < 1.29 is 9.53 Å². The van der Waals surface area contributed by atoms with Crippen LogP contribution in [0.4, 0.5) is 5.69 Å². The van der Waals surface area contributed by atoms with Crippen LogP contribution in [0.5, 0.6) is 5.88 Å². The number of carbonyl (C=O) groups is 1. The molecule has 8 heteroatoms. The van der Waals surface area contributed by atoms with Crippen LogP contribution in [-0.4, -0.2) is 50.7 Å². The number of anilines is 1. The molecular weight excluding hydrogens is 428 g/mol. The Bertz CT molecular complexity index is 1280. The van der Waals surface area contributed by atoms with Crippen molar-refractivity contribution in [2.45, 2.75) is 32.7 Å². The summed E-state index contributed by atoms with van der Waals surface area (Å²) in [7, 11) is 0. The van der Waals surface area contributed by atoms with Gasteiger partial charge in [0.2, 0.25) is 5.88 Å². The average molecular weight is 457 g/mol. The molecule has 0 unspecified atom stereocenters. The number of nitrogens with one attached hydrogen (secondary N) is 2. The smallest absolute Gasteiger partial charge is 0.276 e. The molecule has 34 heavy (non-hydrogen) atoms. The third-order valence-corrected chi connectivity index (χ3v) is 6.05. The van der Waals surface area contributed by atoms with Gasteiger partial charge in [-0.15, -0.1) is 0 Å². The Hall–Kier alpha value is -3.78. The highest BCUT2D eigenvalue weighted by Crippen LogP contribution is 2.27. The summed E-state index contributed by atoms with van der Waals surface area (Å²) < 4.78 is 5.35. The number of aromatic amines is 1. The number of benzene rings is 1. The van der Waals surface area contributed by atoms with Crippen molar-refractivity contribution in [1.29, 1.82) is 0 Å². The van der Waals surface area contributed by atoms with Crippen LogP contribution < -0.4 is 10.1 Å². The standard InChI is InChI=1S/C26H28N6O2/c1-2-34-24-9-7-21(16-28-24)29-26(33)25-22-13-19(6-8-23(22)30-31-25)20-12-18(14-27-15-20)17-32-10-4-3-5-11-32/h6-9,12-16H,2-5,10-11,17H2,1H3,(H,29,33)(H,30,31). The highest BCUT2D eigenvalue weighted by atomic mass is 16.5. The number of fused-ring (bicyclic) bond motifs is 1. The average Bonchev–Trinajstić information content (AvgIpc) is 3.30. The molecule has 1 saturated heterocycles. The first-order chi connectivity index (χ1) is 16.7. The highest BCUT2D eigenvalue weighted by Gasteiger charge is 2.16. The lowest BCUT2D eigenvalue weighted by atomic mass is 10.0. The maximum Gasteiger partial charge on any atom is 0.276 e. The van der Waals surface area contributed by atoms with E-state index in [4.69, 9.17) is 4.74 Å². The molecule has 0 bridgehead atoms. The SMILES string of the molecule is CCOc1ccc(NC(=O)c2n[nH]c3ccc(-c4cncc(CN5CCCCC5)c4)cc23)cn1. The van der Waals surface area contributed by atoms with E-state index in [-0.39, 0.29) is 5.91 Å². The van der Waals surface area contributed by atoms with Gasteiger partial charge in [0.05, 0.1) is 24.0 Å². The predicted octanol–water partition coefficient (Wildman–Crippen LogP) is 4.66. The molecule has 4 aromatic rings. The number of aromatic nitrogens is 4. The largest absolute Gasteiger partial charge is 0.478 e. The van der Waals surface area contributed by atoms with Crippen molar-refractivity contribution in [3.63, 3.8) is 0 Å². The van der Waals surface area contributed by atoms with Crippen LogP contribution in [-0.2, 0) is 6.54 Å². The molecule has 1 amide bonds. The molecule has 0 atom stereocenters. The molecular formula is C26H28N6O2. The summed E-state index contributed by atoms with van der Waals surface area (Å²) in [5.74, 6) is 0.220. The number of piperidine rings is 1. The van der Waals surface area contributed by atoms with E-state index >= 15 is 0 Å².